The first-order valence-electron chi connectivity index (χ1n) is 9.57. The zero-order chi connectivity index (χ0) is 20.6. The summed E-state index contributed by atoms with van der Waals surface area (Å²) in [5.74, 6) is -0.298. The molecule has 0 radical (unpaired) electrons. The minimum atomic E-state index is -0.298. The van der Waals surface area contributed by atoms with Gasteiger partial charge in [-0.3, -0.25) is 4.90 Å². The maximum Gasteiger partial charge on any atom is 0.322 e. The number of halogens is 3. The molecule has 2 aromatic rings. The van der Waals surface area contributed by atoms with Gasteiger partial charge < -0.3 is 15.0 Å². The summed E-state index contributed by atoms with van der Waals surface area (Å²) in [7, 11) is 0. The molecule has 2 aromatic carbocycles. The highest BCUT2D eigenvalue weighted by molar-refractivity contribution is 6.42. The van der Waals surface area contributed by atoms with Crippen molar-refractivity contribution in [2.45, 2.75) is 13.0 Å². The minimum absolute atomic E-state index is 0.241. The van der Waals surface area contributed by atoms with Gasteiger partial charge in [-0.05, 0) is 42.3 Å². The molecule has 2 amide bonds. The number of urea groups is 1. The quantitative estimate of drug-likeness (QED) is 0.667. The predicted molar refractivity (Wildman–Crippen MR) is 114 cm³/mol. The van der Waals surface area contributed by atoms with E-state index in [1.165, 1.54) is 12.1 Å². The fourth-order valence-corrected chi connectivity index (χ4v) is 3.45. The van der Waals surface area contributed by atoms with Crippen LogP contribution in [0.1, 0.15) is 12.0 Å². The lowest BCUT2D eigenvalue weighted by molar-refractivity contribution is 0.0365. The van der Waals surface area contributed by atoms with E-state index in [2.05, 4.69) is 10.2 Å². The van der Waals surface area contributed by atoms with Crippen molar-refractivity contribution in [3.63, 3.8) is 0 Å². The van der Waals surface area contributed by atoms with E-state index < -0.39 is 0 Å². The Hall–Kier alpha value is -1.86. The molecule has 0 unspecified atom stereocenters. The maximum absolute atomic E-state index is 13.2. The third kappa shape index (κ3) is 6.85. The molecule has 0 aromatic heterocycles. The van der Waals surface area contributed by atoms with E-state index in [4.69, 9.17) is 27.9 Å². The predicted octanol–water partition coefficient (Wildman–Crippen LogP) is 4.89. The Morgan fingerprint density at radius 1 is 1.10 bits per heavy atom. The number of benzene rings is 2. The summed E-state index contributed by atoms with van der Waals surface area (Å²) in [5.41, 5.74) is 1.43. The molecule has 0 spiro atoms. The third-order valence-corrected chi connectivity index (χ3v) is 5.49. The van der Waals surface area contributed by atoms with Crippen molar-refractivity contribution in [1.29, 1.82) is 0 Å². The minimum Gasteiger partial charge on any atom is -0.379 e. The highest BCUT2D eigenvalue weighted by Gasteiger charge is 2.16. The summed E-state index contributed by atoms with van der Waals surface area (Å²) in [4.78, 5) is 16.9. The van der Waals surface area contributed by atoms with Gasteiger partial charge >= 0.3 is 6.03 Å². The van der Waals surface area contributed by atoms with Crippen LogP contribution < -0.4 is 5.32 Å². The second kappa shape index (κ2) is 10.8. The summed E-state index contributed by atoms with van der Waals surface area (Å²) in [6.45, 7) is 5.16. The fraction of sp³-hybridized carbons (Fsp3) is 0.381. The van der Waals surface area contributed by atoms with Crippen LogP contribution in [0.2, 0.25) is 10.0 Å². The molecule has 3 rings (SSSR count). The number of morpholine rings is 1. The monoisotopic (exact) mass is 439 g/mol. The highest BCUT2D eigenvalue weighted by Crippen LogP contribution is 2.25. The lowest BCUT2D eigenvalue weighted by Crippen LogP contribution is -2.40. The van der Waals surface area contributed by atoms with E-state index in [0.717, 1.165) is 44.8 Å². The Morgan fingerprint density at radius 3 is 2.52 bits per heavy atom. The van der Waals surface area contributed by atoms with Crippen LogP contribution >= 0.6 is 23.2 Å². The summed E-state index contributed by atoms with van der Waals surface area (Å²) < 4.78 is 18.6. The molecule has 1 aliphatic heterocycles. The number of anilines is 1. The molecule has 5 nitrogen and oxygen atoms in total. The van der Waals surface area contributed by atoms with E-state index in [0.29, 0.717) is 28.8 Å². The van der Waals surface area contributed by atoms with Gasteiger partial charge in [0, 0.05) is 38.4 Å². The van der Waals surface area contributed by atoms with Crippen molar-refractivity contribution in [1.82, 2.24) is 9.80 Å². The Balaban J connectivity index is 1.63. The number of rotatable bonds is 7. The topological polar surface area (TPSA) is 44.8 Å². The second-order valence-corrected chi connectivity index (χ2v) is 7.73. The van der Waals surface area contributed by atoms with Crippen LogP contribution in [0, 0.1) is 5.82 Å². The first-order valence-corrected chi connectivity index (χ1v) is 10.3. The molecule has 1 heterocycles. The third-order valence-electron chi connectivity index (χ3n) is 4.75. The maximum atomic E-state index is 13.2. The zero-order valence-electron chi connectivity index (χ0n) is 16.0. The van der Waals surface area contributed by atoms with Gasteiger partial charge in [0.15, 0.2) is 0 Å². The molecule has 1 N–H and O–H groups in total. The molecular formula is C21H24Cl2FN3O2. The van der Waals surface area contributed by atoms with Gasteiger partial charge in [0.25, 0.3) is 0 Å². The SMILES string of the molecule is O=C(Nc1ccc(Cl)c(Cl)c1)N(CCCN1CCOCC1)Cc1ccc(F)cc1. The van der Waals surface area contributed by atoms with Gasteiger partial charge in [-0.15, -0.1) is 0 Å². The average molecular weight is 440 g/mol. The van der Waals surface area contributed by atoms with Crippen molar-refractivity contribution in [2.24, 2.45) is 0 Å². The van der Waals surface area contributed by atoms with Gasteiger partial charge in [0.1, 0.15) is 5.82 Å². The van der Waals surface area contributed by atoms with E-state index >= 15 is 0 Å². The number of carbonyl (C=O) groups excluding carboxylic acids is 1. The fourth-order valence-electron chi connectivity index (χ4n) is 3.15. The summed E-state index contributed by atoms with van der Waals surface area (Å²) in [5, 5.41) is 3.67. The molecule has 29 heavy (non-hydrogen) atoms. The number of hydrogen-bond donors (Lipinski definition) is 1. The van der Waals surface area contributed by atoms with Crippen LogP contribution in [0.25, 0.3) is 0 Å². The van der Waals surface area contributed by atoms with E-state index in [1.54, 1.807) is 35.2 Å². The van der Waals surface area contributed by atoms with Crippen LogP contribution in [0.15, 0.2) is 42.5 Å². The molecule has 0 bridgehead atoms. The molecule has 0 saturated carbocycles. The Labute approximate surface area is 180 Å². The number of ether oxygens (including phenoxy) is 1. The zero-order valence-corrected chi connectivity index (χ0v) is 17.6. The molecule has 1 fully saturated rings. The van der Waals surface area contributed by atoms with Crippen LogP contribution in [0.5, 0.6) is 0 Å². The van der Waals surface area contributed by atoms with Crippen molar-refractivity contribution in [3.8, 4) is 0 Å². The van der Waals surface area contributed by atoms with Gasteiger partial charge in [0.2, 0.25) is 0 Å². The number of nitrogens with one attached hydrogen (secondary N) is 1. The van der Waals surface area contributed by atoms with Crippen molar-refractivity contribution in [3.05, 3.63) is 63.9 Å². The standard InChI is InChI=1S/C21H24Cl2FN3O2/c22-19-7-6-18(14-20(19)23)25-21(28)27(15-16-2-4-17(24)5-3-16)9-1-8-26-10-12-29-13-11-26/h2-7,14H,1,8-13,15H2,(H,25,28). The molecular weight excluding hydrogens is 416 g/mol. The number of hydrogen-bond acceptors (Lipinski definition) is 3. The van der Waals surface area contributed by atoms with E-state index in [9.17, 15) is 9.18 Å². The van der Waals surface area contributed by atoms with Gasteiger partial charge in [-0.2, -0.15) is 0 Å². The lowest BCUT2D eigenvalue weighted by Gasteiger charge is -2.28. The van der Waals surface area contributed by atoms with Gasteiger partial charge in [0.05, 0.1) is 23.3 Å². The van der Waals surface area contributed by atoms with Crippen molar-refractivity contribution in [2.75, 3.05) is 44.7 Å². The molecule has 0 atom stereocenters. The number of carbonyl (C=O) groups is 1. The Bertz CT molecular complexity index is 814. The van der Waals surface area contributed by atoms with Crippen LogP contribution in [0.3, 0.4) is 0 Å². The van der Waals surface area contributed by atoms with Gasteiger partial charge in [-0.1, -0.05) is 35.3 Å². The normalized spacial score (nSPS) is 14.6. The van der Waals surface area contributed by atoms with E-state index in [1.807, 2.05) is 0 Å². The molecule has 8 heteroatoms. The first-order chi connectivity index (χ1) is 14.0. The van der Waals surface area contributed by atoms with Crippen molar-refractivity contribution < 1.29 is 13.9 Å². The largest absolute Gasteiger partial charge is 0.379 e. The molecule has 1 saturated heterocycles. The number of amides is 2. The first kappa shape index (κ1) is 21.8. The summed E-state index contributed by atoms with van der Waals surface area (Å²) >= 11 is 12.0. The molecule has 0 aliphatic carbocycles. The van der Waals surface area contributed by atoms with Gasteiger partial charge in [-0.25, -0.2) is 9.18 Å². The Kier molecular flexibility index (Phi) is 8.12. The average Bonchev–Trinajstić information content (AvgIpc) is 2.72. The smallest absolute Gasteiger partial charge is 0.322 e. The lowest BCUT2D eigenvalue weighted by atomic mass is 10.2. The second-order valence-electron chi connectivity index (χ2n) is 6.91. The van der Waals surface area contributed by atoms with Crippen LogP contribution in [-0.2, 0) is 11.3 Å². The molecule has 1 aliphatic rings. The summed E-state index contributed by atoms with van der Waals surface area (Å²) in [6.07, 6.45) is 0.829. The van der Waals surface area contributed by atoms with Crippen LogP contribution in [-0.4, -0.2) is 55.2 Å². The Morgan fingerprint density at radius 2 is 1.83 bits per heavy atom. The summed E-state index contributed by atoms with van der Waals surface area (Å²) in [6, 6.07) is 10.9. The molecule has 156 valence electrons. The van der Waals surface area contributed by atoms with Crippen LogP contribution in [0.4, 0.5) is 14.9 Å². The van der Waals surface area contributed by atoms with E-state index in [-0.39, 0.29) is 11.8 Å². The van der Waals surface area contributed by atoms with Crippen molar-refractivity contribution >= 4 is 34.9 Å². The number of nitrogens with zero attached hydrogens (tertiary/aromatic N) is 2. The highest BCUT2D eigenvalue weighted by atomic mass is 35.5.